The van der Waals surface area contributed by atoms with Gasteiger partial charge in [0.15, 0.2) is 0 Å². The summed E-state index contributed by atoms with van der Waals surface area (Å²) in [5.74, 6) is 0.331. The van der Waals surface area contributed by atoms with Crippen LogP contribution >= 0.6 is 22.9 Å². The molecular weight excluding hydrogens is 380 g/mol. The number of fused-ring (bicyclic) bond motifs is 1. The third-order valence-corrected chi connectivity index (χ3v) is 6.36. The maximum Gasteiger partial charge on any atom is 0.233 e. The van der Waals surface area contributed by atoms with E-state index >= 15 is 0 Å². The molecule has 1 unspecified atom stereocenters. The lowest BCUT2D eigenvalue weighted by Crippen LogP contribution is -2.35. The lowest BCUT2D eigenvalue weighted by atomic mass is 10.0. The molecule has 0 N–H and O–H groups in total. The van der Waals surface area contributed by atoms with Gasteiger partial charge in [0.2, 0.25) is 5.91 Å². The van der Waals surface area contributed by atoms with E-state index in [0.29, 0.717) is 17.5 Å². The fourth-order valence-corrected chi connectivity index (χ4v) is 5.07. The zero-order chi connectivity index (χ0) is 18.5. The van der Waals surface area contributed by atoms with Crippen molar-refractivity contribution in [3.05, 3.63) is 58.3 Å². The van der Waals surface area contributed by atoms with Crippen molar-refractivity contribution in [2.45, 2.75) is 19.8 Å². The number of para-hydroxylation sites is 1. The van der Waals surface area contributed by atoms with Crippen molar-refractivity contribution in [3.8, 4) is 0 Å². The number of hydrogen-bond donors (Lipinski definition) is 0. The number of anilines is 1. The fourth-order valence-electron chi connectivity index (χ4n) is 3.85. The molecule has 0 fully saturated rings. The zero-order valence-corrected chi connectivity index (χ0v) is 16.3. The van der Waals surface area contributed by atoms with Crippen LogP contribution in [0.2, 0.25) is 5.02 Å². The molecule has 0 radical (unpaired) electrons. The van der Waals surface area contributed by atoms with Crippen LogP contribution in [0.3, 0.4) is 0 Å². The molecule has 0 saturated carbocycles. The molecule has 4 nitrogen and oxygen atoms in total. The second-order valence-corrected chi connectivity index (χ2v) is 8.62. The number of benzene rings is 2. The topological polar surface area (TPSA) is 46.3 Å². The monoisotopic (exact) mass is 396 g/mol. The number of furan rings is 1. The highest BCUT2D eigenvalue weighted by Gasteiger charge is 2.29. The van der Waals surface area contributed by atoms with Crippen LogP contribution in [0.15, 0.2) is 47.1 Å². The van der Waals surface area contributed by atoms with E-state index < -0.39 is 0 Å². The minimum Gasteiger partial charge on any atom is -0.464 e. The number of rotatable bonds is 2. The molecule has 2 aromatic carbocycles. The van der Waals surface area contributed by atoms with Crippen molar-refractivity contribution in [3.63, 3.8) is 0 Å². The van der Waals surface area contributed by atoms with Gasteiger partial charge >= 0.3 is 0 Å². The largest absolute Gasteiger partial charge is 0.464 e. The SMILES string of the molecule is CC1Cc2coc3ccc(Cl)c(c23)N(C(=O)Cc2nc3ccccc3s2)C1. The summed E-state index contributed by atoms with van der Waals surface area (Å²) >= 11 is 8.11. The molecule has 0 saturated heterocycles. The van der Waals surface area contributed by atoms with Crippen LogP contribution in [0.5, 0.6) is 0 Å². The van der Waals surface area contributed by atoms with Gasteiger partial charge in [-0.25, -0.2) is 4.98 Å². The highest BCUT2D eigenvalue weighted by Crippen LogP contribution is 2.41. The summed E-state index contributed by atoms with van der Waals surface area (Å²) in [7, 11) is 0. The second kappa shape index (κ2) is 6.36. The van der Waals surface area contributed by atoms with Gasteiger partial charge in [-0.15, -0.1) is 11.3 Å². The summed E-state index contributed by atoms with van der Waals surface area (Å²) in [6, 6.07) is 11.6. The quantitative estimate of drug-likeness (QED) is 0.451. The average molecular weight is 397 g/mol. The molecule has 3 heterocycles. The minimum atomic E-state index is 0.0179. The number of thiazole rings is 1. The highest BCUT2D eigenvalue weighted by atomic mass is 35.5. The van der Waals surface area contributed by atoms with E-state index in [1.54, 1.807) is 23.7 Å². The van der Waals surface area contributed by atoms with Crippen molar-refractivity contribution in [2.75, 3.05) is 11.4 Å². The Kier molecular flexibility index (Phi) is 3.95. The van der Waals surface area contributed by atoms with Crippen LogP contribution in [-0.2, 0) is 17.6 Å². The maximum absolute atomic E-state index is 13.3. The molecule has 1 aliphatic rings. The van der Waals surface area contributed by atoms with E-state index in [4.69, 9.17) is 16.0 Å². The van der Waals surface area contributed by atoms with E-state index in [1.165, 1.54) is 0 Å². The summed E-state index contributed by atoms with van der Waals surface area (Å²) < 4.78 is 6.80. The van der Waals surface area contributed by atoms with E-state index in [0.717, 1.165) is 43.9 Å². The highest BCUT2D eigenvalue weighted by molar-refractivity contribution is 7.18. The van der Waals surface area contributed by atoms with Crippen molar-refractivity contribution < 1.29 is 9.21 Å². The molecule has 1 amide bonds. The zero-order valence-electron chi connectivity index (χ0n) is 14.7. The number of halogens is 1. The molecule has 0 bridgehead atoms. The van der Waals surface area contributed by atoms with Crippen molar-refractivity contribution in [2.24, 2.45) is 5.92 Å². The van der Waals surface area contributed by atoms with E-state index in [1.807, 2.05) is 35.2 Å². The first-order valence-corrected chi connectivity index (χ1v) is 10.1. The fraction of sp³-hybridized carbons (Fsp3) is 0.238. The van der Waals surface area contributed by atoms with Gasteiger partial charge in [0.1, 0.15) is 10.6 Å². The number of nitrogens with zero attached hydrogens (tertiary/aromatic N) is 2. The molecule has 6 heteroatoms. The van der Waals surface area contributed by atoms with Gasteiger partial charge in [-0.2, -0.15) is 0 Å². The Morgan fingerprint density at radius 1 is 1.33 bits per heavy atom. The van der Waals surface area contributed by atoms with Crippen LogP contribution < -0.4 is 4.90 Å². The number of amides is 1. The molecule has 1 atom stereocenters. The summed E-state index contributed by atoms with van der Waals surface area (Å²) in [6.07, 6.45) is 2.93. The van der Waals surface area contributed by atoms with Gasteiger partial charge in [0.25, 0.3) is 0 Å². The maximum atomic E-state index is 13.3. The number of aromatic nitrogens is 1. The van der Waals surface area contributed by atoms with E-state index in [-0.39, 0.29) is 12.3 Å². The molecule has 27 heavy (non-hydrogen) atoms. The van der Waals surface area contributed by atoms with Crippen molar-refractivity contribution >= 4 is 55.7 Å². The average Bonchev–Trinajstić information content (AvgIpc) is 3.19. The summed E-state index contributed by atoms with van der Waals surface area (Å²) in [5, 5.41) is 2.37. The number of carbonyl (C=O) groups is 1. The lowest BCUT2D eigenvalue weighted by Gasteiger charge is -2.25. The molecule has 1 aliphatic heterocycles. The molecule has 4 aromatic rings. The van der Waals surface area contributed by atoms with Crippen LogP contribution in [0.1, 0.15) is 17.5 Å². The number of hydrogen-bond acceptors (Lipinski definition) is 4. The summed E-state index contributed by atoms with van der Waals surface area (Å²) in [6.45, 7) is 2.79. The first-order chi connectivity index (χ1) is 13.1. The Balaban J connectivity index is 1.56. The second-order valence-electron chi connectivity index (χ2n) is 7.10. The van der Waals surface area contributed by atoms with E-state index in [9.17, 15) is 4.79 Å². The van der Waals surface area contributed by atoms with Gasteiger partial charge in [-0.3, -0.25) is 4.79 Å². The third-order valence-electron chi connectivity index (χ3n) is 5.01. The smallest absolute Gasteiger partial charge is 0.233 e. The van der Waals surface area contributed by atoms with Crippen molar-refractivity contribution in [1.29, 1.82) is 0 Å². The molecule has 0 aliphatic carbocycles. The Morgan fingerprint density at radius 2 is 2.19 bits per heavy atom. The predicted molar refractivity (Wildman–Crippen MR) is 110 cm³/mol. The van der Waals surface area contributed by atoms with E-state index in [2.05, 4.69) is 11.9 Å². The van der Waals surface area contributed by atoms with Crippen molar-refractivity contribution in [1.82, 2.24) is 4.98 Å². The van der Waals surface area contributed by atoms with Gasteiger partial charge in [0, 0.05) is 17.5 Å². The van der Waals surface area contributed by atoms with Gasteiger partial charge in [-0.05, 0) is 36.6 Å². The lowest BCUT2D eigenvalue weighted by molar-refractivity contribution is -0.118. The Hall–Kier alpha value is -2.37. The van der Waals surface area contributed by atoms with Crippen LogP contribution in [0, 0.1) is 5.92 Å². The summed E-state index contributed by atoms with van der Waals surface area (Å²) in [4.78, 5) is 19.7. The Labute approximate surface area is 165 Å². The van der Waals surface area contributed by atoms with Crippen LogP contribution in [0.4, 0.5) is 5.69 Å². The van der Waals surface area contributed by atoms with Crippen LogP contribution in [0.25, 0.3) is 21.2 Å². The third kappa shape index (κ3) is 2.82. The molecular formula is C21H17ClN2O2S. The van der Waals surface area contributed by atoms with Gasteiger partial charge in [0.05, 0.1) is 33.6 Å². The minimum absolute atomic E-state index is 0.0179. The first kappa shape index (κ1) is 16.8. The predicted octanol–water partition coefficient (Wildman–Crippen LogP) is 5.46. The molecule has 2 aromatic heterocycles. The molecule has 0 spiro atoms. The first-order valence-electron chi connectivity index (χ1n) is 8.93. The molecule has 5 rings (SSSR count). The molecule has 136 valence electrons. The summed E-state index contributed by atoms with van der Waals surface area (Å²) in [5.41, 5.74) is 3.60. The normalized spacial score (nSPS) is 16.8. The Morgan fingerprint density at radius 3 is 3.04 bits per heavy atom. The van der Waals surface area contributed by atoms with Gasteiger partial charge in [-0.1, -0.05) is 30.7 Å². The number of carbonyl (C=O) groups excluding carboxylic acids is 1. The Bertz CT molecular complexity index is 1150. The standard InChI is InChI=1S/C21H17ClN2O2S/c1-12-8-13-11-26-16-7-6-14(22)21(20(13)16)24(10-12)19(25)9-18-23-15-4-2-3-5-17(15)27-18/h2-7,11-12H,8-10H2,1H3. The van der Waals surface area contributed by atoms with Crippen LogP contribution in [-0.4, -0.2) is 17.4 Å². The van der Waals surface area contributed by atoms with Gasteiger partial charge < -0.3 is 9.32 Å².